The van der Waals surface area contributed by atoms with Crippen molar-refractivity contribution < 1.29 is 9.18 Å². The number of imidazole rings is 1. The number of benzene rings is 1. The normalized spacial score (nSPS) is 14.1. The summed E-state index contributed by atoms with van der Waals surface area (Å²) in [6, 6.07) is 12.7. The number of nitrogens with one attached hydrogen (secondary N) is 3. The molecular weight excluding hydrogens is 507 g/mol. The lowest BCUT2D eigenvalue weighted by atomic mass is 9.88. The summed E-state index contributed by atoms with van der Waals surface area (Å²) >= 11 is 0. The molecule has 1 amide bonds. The van der Waals surface area contributed by atoms with E-state index in [2.05, 4.69) is 40.4 Å². The lowest BCUT2D eigenvalue weighted by Crippen LogP contribution is -2.24. The van der Waals surface area contributed by atoms with E-state index in [9.17, 15) is 4.79 Å². The van der Waals surface area contributed by atoms with Gasteiger partial charge in [0, 0.05) is 41.2 Å². The Morgan fingerprint density at radius 2 is 1.88 bits per heavy atom. The first-order valence-electron chi connectivity index (χ1n) is 13.3. The van der Waals surface area contributed by atoms with Crippen molar-refractivity contribution in [3.05, 3.63) is 73.1 Å². The molecule has 0 unspecified atom stereocenters. The van der Waals surface area contributed by atoms with Crippen molar-refractivity contribution in [2.75, 3.05) is 5.32 Å². The molecule has 1 fully saturated rings. The number of aromatic nitrogens is 7. The summed E-state index contributed by atoms with van der Waals surface area (Å²) in [7, 11) is 0. The Hall–Kier alpha value is -4.99. The topological polar surface area (TPSA) is 125 Å². The van der Waals surface area contributed by atoms with Gasteiger partial charge in [-0.2, -0.15) is 5.10 Å². The van der Waals surface area contributed by atoms with Crippen LogP contribution in [0.4, 0.5) is 10.1 Å². The monoisotopic (exact) mass is 532 g/mol. The molecule has 1 saturated carbocycles. The second kappa shape index (κ2) is 9.96. The maximum Gasteiger partial charge on any atom is 0.227 e. The number of carbonyl (C=O) groups is 1. The molecule has 1 aliphatic rings. The summed E-state index contributed by atoms with van der Waals surface area (Å²) in [5, 5.41) is 10.6. The van der Waals surface area contributed by atoms with Crippen LogP contribution in [0.3, 0.4) is 0 Å². The first-order chi connectivity index (χ1) is 19.7. The molecule has 0 aliphatic heterocycles. The minimum Gasteiger partial charge on any atom is -0.335 e. The molecular formula is C30H25FN8O. The molecule has 10 heteroatoms. The summed E-state index contributed by atoms with van der Waals surface area (Å²) in [5.74, 6) is -0.0669. The zero-order valence-electron chi connectivity index (χ0n) is 21.5. The number of rotatable bonds is 5. The quantitative estimate of drug-likeness (QED) is 0.240. The molecule has 0 radical (unpaired) electrons. The van der Waals surface area contributed by atoms with Crippen LogP contribution in [0.1, 0.15) is 32.1 Å². The van der Waals surface area contributed by atoms with Crippen molar-refractivity contribution in [3.63, 3.8) is 0 Å². The van der Waals surface area contributed by atoms with E-state index in [-0.39, 0.29) is 11.8 Å². The molecule has 5 heterocycles. The molecule has 0 atom stereocenters. The molecule has 0 spiro atoms. The molecule has 6 aromatic rings. The molecule has 3 N–H and O–H groups in total. The van der Waals surface area contributed by atoms with Crippen LogP contribution in [-0.4, -0.2) is 41.0 Å². The van der Waals surface area contributed by atoms with Crippen molar-refractivity contribution >= 4 is 33.7 Å². The Morgan fingerprint density at radius 1 is 0.975 bits per heavy atom. The summed E-state index contributed by atoms with van der Waals surface area (Å²) < 4.78 is 16.2. The summed E-state index contributed by atoms with van der Waals surface area (Å²) in [6.07, 6.45) is 11.7. The lowest BCUT2D eigenvalue weighted by molar-refractivity contribution is -0.120. The predicted molar refractivity (Wildman–Crippen MR) is 151 cm³/mol. The van der Waals surface area contributed by atoms with Crippen LogP contribution in [0.5, 0.6) is 0 Å². The maximum atomic E-state index is 16.2. The number of aromatic amines is 2. The minimum atomic E-state index is -0.461. The SMILES string of the molecule is O=C(Nc1cncc(-c2ccc3[nH]nc(-c4nc5nccc(-c6ccccn6)c5[nH]4)c3c2F)c1)C1CCCCC1. The molecule has 5 aromatic heterocycles. The summed E-state index contributed by atoms with van der Waals surface area (Å²) in [5.41, 5.74) is 5.10. The predicted octanol–water partition coefficient (Wildman–Crippen LogP) is 6.28. The first kappa shape index (κ1) is 24.1. The Bertz CT molecular complexity index is 1860. The van der Waals surface area contributed by atoms with Crippen LogP contribution in [-0.2, 0) is 4.79 Å². The number of amides is 1. The molecule has 7 rings (SSSR count). The van der Waals surface area contributed by atoms with Gasteiger partial charge in [0.25, 0.3) is 0 Å². The van der Waals surface area contributed by atoms with E-state index in [0.717, 1.165) is 36.9 Å². The van der Waals surface area contributed by atoms with Crippen molar-refractivity contribution in [3.8, 4) is 33.9 Å². The van der Waals surface area contributed by atoms with Gasteiger partial charge >= 0.3 is 0 Å². The van der Waals surface area contributed by atoms with Gasteiger partial charge < -0.3 is 10.3 Å². The fourth-order valence-electron chi connectivity index (χ4n) is 5.49. The number of pyridine rings is 3. The fourth-order valence-corrected chi connectivity index (χ4v) is 5.49. The number of H-pyrrole nitrogens is 2. The van der Waals surface area contributed by atoms with Crippen LogP contribution < -0.4 is 5.32 Å². The number of hydrogen-bond donors (Lipinski definition) is 3. The molecule has 198 valence electrons. The van der Waals surface area contributed by atoms with E-state index in [1.54, 1.807) is 43.0 Å². The molecule has 1 aliphatic carbocycles. The highest BCUT2D eigenvalue weighted by Gasteiger charge is 2.23. The second-order valence-corrected chi connectivity index (χ2v) is 10.1. The van der Waals surface area contributed by atoms with Gasteiger partial charge in [0.1, 0.15) is 11.5 Å². The van der Waals surface area contributed by atoms with Crippen LogP contribution >= 0.6 is 0 Å². The highest BCUT2D eigenvalue weighted by molar-refractivity contribution is 5.98. The summed E-state index contributed by atoms with van der Waals surface area (Å²) in [4.78, 5) is 33.8. The number of carbonyl (C=O) groups excluding carboxylic acids is 1. The lowest BCUT2D eigenvalue weighted by Gasteiger charge is -2.20. The van der Waals surface area contributed by atoms with Crippen molar-refractivity contribution in [2.45, 2.75) is 32.1 Å². The van der Waals surface area contributed by atoms with E-state index in [4.69, 9.17) is 0 Å². The average molecular weight is 533 g/mol. The molecule has 1 aromatic carbocycles. The largest absolute Gasteiger partial charge is 0.335 e. The fraction of sp³-hybridized carbons (Fsp3) is 0.200. The third-order valence-corrected chi connectivity index (χ3v) is 7.52. The van der Waals surface area contributed by atoms with Crippen LogP contribution in [0, 0.1) is 11.7 Å². The number of hydrogen-bond acceptors (Lipinski definition) is 6. The van der Waals surface area contributed by atoms with E-state index < -0.39 is 5.82 Å². The van der Waals surface area contributed by atoms with Gasteiger partial charge in [-0.1, -0.05) is 25.3 Å². The number of anilines is 1. The Morgan fingerprint density at radius 3 is 2.73 bits per heavy atom. The van der Waals surface area contributed by atoms with E-state index in [0.29, 0.717) is 50.4 Å². The van der Waals surface area contributed by atoms with E-state index in [1.165, 1.54) is 6.42 Å². The van der Waals surface area contributed by atoms with Crippen LogP contribution in [0.15, 0.2) is 67.3 Å². The van der Waals surface area contributed by atoms with Gasteiger partial charge in [-0.25, -0.2) is 14.4 Å². The van der Waals surface area contributed by atoms with Gasteiger partial charge in [-0.3, -0.25) is 19.9 Å². The molecule has 40 heavy (non-hydrogen) atoms. The molecule has 9 nitrogen and oxygen atoms in total. The van der Waals surface area contributed by atoms with E-state index >= 15 is 4.39 Å². The van der Waals surface area contributed by atoms with Gasteiger partial charge in [0.15, 0.2) is 11.5 Å². The summed E-state index contributed by atoms with van der Waals surface area (Å²) in [6.45, 7) is 0. The number of nitrogens with zero attached hydrogens (tertiary/aromatic N) is 5. The third kappa shape index (κ3) is 4.27. The van der Waals surface area contributed by atoms with Gasteiger partial charge in [0.2, 0.25) is 5.91 Å². The number of fused-ring (bicyclic) bond motifs is 2. The van der Waals surface area contributed by atoms with Crippen LogP contribution in [0.25, 0.3) is 56.0 Å². The standard InChI is InChI=1S/C30H25FN8O/c31-25-20(18-14-19(16-32-15-18)35-30(40)17-6-2-1-3-7-17)9-10-23-24(25)27(39-38-23)29-36-26-21(11-13-34-28(26)37-29)22-8-4-5-12-33-22/h4-5,8-17H,1-3,6-7H2,(H,35,40)(H,38,39)(H,34,36,37). The minimum absolute atomic E-state index is 0.00439. The maximum absolute atomic E-state index is 16.2. The highest BCUT2D eigenvalue weighted by atomic mass is 19.1. The Balaban J connectivity index is 1.26. The molecule has 0 saturated heterocycles. The Labute approximate surface area is 228 Å². The van der Waals surface area contributed by atoms with Crippen molar-refractivity contribution in [1.82, 2.24) is 35.1 Å². The number of halogens is 1. The zero-order valence-corrected chi connectivity index (χ0v) is 21.5. The van der Waals surface area contributed by atoms with Gasteiger partial charge in [0.05, 0.1) is 34.0 Å². The Kier molecular flexibility index (Phi) is 5.99. The zero-order chi connectivity index (χ0) is 27.1. The van der Waals surface area contributed by atoms with Crippen LogP contribution in [0.2, 0.25) is 0 Å². The van der Waals surface area contributed by atoms with Gasteiger partial charge in [-0.05, 0) is 49.2 Å². The van der Waals surface area contributed by atoms with E-state index in [1.807, 2.05) is 24.3 Å². The average Bonchev–Trinajstić information content (AvgIpc) is 3.63. The third-order valence-electron chi connectivity index (χ3n) is 7.52. The van der Waals surface area contributed by atoms with Crippen molar-refractivity contribution in [1.29, 1.82) is 0 Å². The van der Waals surface area contributed by atoms with Crippen molar-refractivity contribution in [2.24, 2.45) is 5.92 Å². The smallest absolute Gasteiger partial charge is 0.227 e. The first-order valence-corrected chi connectivity index (χ1v) is 13.3. The molecule has 0 bridgehead atoms. The van der Waals surface area contributed by atoms with Gasteiger partial charge in [-0.15, -0.1) is 0 Å². The second-order valence-electron chi connectivity index (χ2n) is 10.1. The highest BCUT2D eigenvalue weighted by Crippen LogP contribution is 2.35.